The lowest BCUT2D eigenvalue weighted by molar-refractivity contribution is -0.385. The molecule has 15 heavy (non-hydrogen) atoms. The zero-order chi connectivity index (χ0) is 11.3. The Kier molecular flexibility index (Phi) is 4.39. The van der Waals surface area contributed by atoms with Crippen LogP contribution in [-0.4, -0.2) is 11.5 Å². The number of nitro groups is 1. The van der Waals surface area contributed by atoms with Crippen LogP contribution >= 0.6 is 23.2 Å². The minimum absolute atomic E-state index is 0.123. The number of hydrogen-bond donors (Lipinski definition) is 0. The summed E-state index contributed by atoms with van der Waals surface area (Å²) in [4.78, 5) is 10.1. The van der Waals surface area contributed by atoms with Crippen LogP contribution in [0.4, 0.5) is 5.69 Å². The predicted molar refractivity (Wildman–Crippen MR) is 58.6 cm³/mol. The molecule has 0 N–H and O–H groups in total. The summed E-state index contributed by atoms with van der Waals surface area (Å²) in [6.07, 6.45) is 1.52. The van der Waals surface area contributed by atoms with Gasteiger partial charge in [-0.2, -0.15) is 0 Å². The first-order valence-corrected chi connectivity index (χ1v) is 4.78. The Morgan fingerprint density at radius 1 is 1.53 bits per heavy atom. The van der Waals surface area contributed by atoms with E-state index in [-0.39, 0.29) is 18.0 Å². The zero-order valence-electron chi connectivity index (χ0n) is 7.52. The molecule has 0 amide bonds. The molecule has 0 saturated heterocycles. The molecule has 80 valence electrons. The van der Waals surface area contributed by atoms with Crippen molar-refractivity contribution in [2.45, 2.75) is 0 Å². The minimum atomic E-state index is -0.532. The lowest BCUT2D eigenvalue weighted by atomic mass is 10.3. The monoisotopic (exact) mass is 247 g/mol. The maximum atomic E-state index is 10.6. The number of nitrogens with zero attached hydrogens (tertiary/aromatic N) is 1. The molecule has 0 saturated carbocycles. The highest BCUT2D eigenvalue weighted by Gasteiger charge is 2.14. The van der Waals surface area contributed by atoms with Crippen molar-refractivity contribution >= 4 is 28.9 Å². The normalized spacial score (nSPS) is 10.5. The second-order valence-corrected chi connectivity index (χ2v) is 3.23. The van der Waals surface area contributed by atoms with E-state index >= 15 is 0 Å². The quantitative estimate of drug-likeness (QED) is 0.606. The molecule has 0 unspecified atom stereocenters. The maximum Gasteiger partial charge on any atom is 0.311 e. The van der Waals surface area contributed by atoms with Gasteiger partial charge in [-0.3, -0.25) is 10.1 Å². The van der Waals surface area contributed by atoms with Crippen LogP contribution in [-0.2, 0) is 0 Å². The van der Waals surface area contributed by atoms with E-state index in [1.807, 2.05) is 0 Å². The molecule has 0 fully saturated rings. The van der Waals surface area contributed by atoms with Crippen LogP contribution in [0.5, 0.6) is 5.75 Å². The fourth-order valence-electron chi connectivity index (χ4n) is 0.929. The molecule has 0 heterocycles. The summed E-state index contributed by atoms with van der Waals surface area (Å²) in [6.45, 7) is 0.157. The molecule has 1 rings (SSSR count). The van der Waals surface area contributed by atoms with Gasteiger partial charge in [0.25, 0.3) is 0 Å². The van der Waals surface area contributed by atoms with Gasteiger partial charge in [-0.25, -0.2) is 0 Å². The lowest BCUT2D eigenvalue weighted by Crippen LogP contribution is -1.98. The van der Waals surface area contributed by atoms with Crippen LogP contribution in [0.3, 0.4) is 0 Å². The lowest BCUT2D eigenvalue weighted by Gasteiger charge is -2.03. The van der Waals surface area contributed by atoms with Gasteiger partial charge in [0.05, 0.1) is 4.92 Å². The van der Waals surface area contributed by atoms with Crippen molar-refractivity contribution in [3.05, 3.63) is 44.9 Å². The summed E-state index contributed by atoms with van der Waals surface area (Å²) in [5.41, 5.74) is 1.15. The number of halogens is 2. The maximum absolute atomic E-state index is 10.6. The van der Waals surface area contributed by atoms with Crippen LogP contribution in [0.1, 0.15) is 0 Å². The van der Waals surface area contributed by atoms with E-state index in [0.717, 1.165) is 0 Å². The third-order valence-corrected chi connectivity index (χ3v) is 1.96. The Morgan fingerprint density at radius 3 is 2.87 bits per heavy atom. The molecule has 0 bridgehead atoms. The Morgan fingerprint density at radius 2 is 2.27 bits per heavy atom. The third-order valence-electron chi connectivity index (χ3n) is 1.54. The minimum Gasteiger partial charge on any atom is -0.483 e. The van der Waals surface area contributed by atoms with Gasteiger partial charge in [0.15, 0.2) is 5.75 Å². The largest absolute Gasteiger partial charge is 0.483 e. The topological polar surface area (TPSA) is 52.4 Å². The third kappa shape index (κ3) is 3.42. The highest BCUT2D eigenvalue weighted by molar-refractivity contribution is 6.30. The molecule has 0 atom stereocenters. The van der Waals surface area contributed by atoms with Crippen molar-refractivity contribution < 1.29 is 9.66 Å². The molecule has 1 aromatic rings. The summed E-state index contributed by atoms with van der Waals surface area (Å²) < 4.78 is 5.12. The first kappa shape index (κ1) is 11.8. The van der Waals surface area contributed by atoms with Crippen molar-refractivity contribution in [2.75, 3.05) is 6.61 Å². The summed E-state index contributed by atoms with van der Waals surface area (Å²) in [7, 11) is 0. The number of nitro benzene ring substituents is 1. The fraction of sp³-hybridized carbons (Fsp3) is 0.111. The number of benzene rings is 1. The van der Waals surface area contributed by atoms with Gasteiger partial charge in [0, 0.05) is 22.7 Å². The molecule has 0 spiro atoms. The first-order valence-electron chi connectivity index (χ1n) is 3.97. The second-order valence-electron chi connectivity index (χ2n) is 2.54. The van der Waals surface area contributed by atoms with E-state index in [2.05, 4.69) is 0 Å². The Bertz CT molecular complexity index is 393. The number of hydrogen-bond acceptors (Lipinski definition) is 3. The van der Waals surface area contributed by atoms with Crippen LogP contribution in [0, 0.1) is 10.1 Å². The average Bonchev–Trinajstić information content (AvgIpc) is 2.18. The van der Waals surface area contributed by atoms with E-state index in [4.69, 9.17) is 27.9 Å². The number of rotatable bonds is 4. The average molecular weight is 248 g/mol. The van der Waals surface area contributed by atoms with Crippen LogP contribution in [0.2, 0.25) is 5.02 Å². The van der Waals surface area contributed by atoms with Gasteiger partial charge in [-0.1, -0.05) is 23.2 Å². The standard InChI is InChI=1S/C9H7Cl2NO3/c10-4-1-5-15-9-6-7(11)2-3-8(9)12(13)14/h1-4,6H,5H2. The van der Waals surface area contributed by atoms with Gasteiger partial charge in [0.1, 0.15) is 6.61 Å². The van der Waals surface area contributed by atoms with Crippen LogP contribution in [0.25, 0.3) is 0 Å². The zero-order valence-corrected chi connectivity index (χ0v) is 9.03. The predicted octanol–water partition coefficient (Wildman–Crippen LogP) is 3.38. The highest BCUT2D eigenvalue weighted by atomic mass is 35.5. The molecule has 0 aliphatic rings. The van der Waals surface area contributed by atoms with Crippen LogP contribution < -0.4 is 4.74 Å². The van der Waals surface area contributed by atoms with Gasteiger partial charge < -0.3 is 4.74 Å². The smallest absolute Gasteiger partial charge is 0.311 e. The fourth-order valence-corrected chi connectivity index (χ4v) is 1.16. The summed E-state index contributed by atoms with van der Waals surface area (Å²) in [5.74, 6) is 0.127. The van der Waals surface area contributed by atoms with E-state index < -0.39 is 4.92 Å². The molecule has 6 heteroatoms. The SMILES string of the molecule is O=[N+]([O-])c1ccc(Cl)cc1OCC=CCl. The highest BCUT2D eigenvalue weighted by Crippen LogP contribution is 2.29. The summed E-state index contributed by atoms with van der Waals surface area (Å²) >= 11 is 11.0. The Balaban J connectivity index is 2.91. The van der Waals surface area contributed by atoms with Crippen molar-refractivity contribution in [2.24, 2.45) is 0 Å². The van der Waals surface area contributed by atoms with E-state index in [1.54, 1.807) is 0 Å². The molecule has 4 nitrogen and oxygen atoms in total. The van der Waals surface area contributed by atoms with Gasteiger partial charge in [-0.15, -0.1) is 0 Å². The molecular weight excluding hydrogens is 241 g/mol. The second kappa shape index (κ2) is 5.58. The van der Waals surface area contributed by atoms with Gasteiger partial charge in [0.2, 0.25) is 0 Å². The van der Waals surface area contributed by atoms with E-state index in [9.17, 15) is 10.1 Å². The van der Waals surface area contributed by atoms with Crippen molar-refractivity contribution in [1.29, 1.82) is 0 Å². The van der Waals surface area contributed by atoms with Crippen molar-refractivity contribution in [3.63, 3.8) is 0 Å². The molecule has 0 aromatic heterocycles. The molecule has 0 radical (unpaired) electrons. The summed E-state index contributed by atoms with van der Waals surface area (Å²) in [6, 6.07) is 4.12. The van der Waals surface area contributed by atoms with Crippen LogP contribution in [0.15, 0.2) is 29.8 Å². The van der Waals surface area contributed by atoms with E-state index in [1.165, 1.54) is 29.8 Å². The van der Waals surface area contributed by atoms with Crippen molar-refractivity contribution in [3.8, 4) is 5.75 Å². The Labute approximate surface area is 96.2 Å². The Hall–Kier alpha value is -1.26. The molecular formula is C9H7Cl2NO3. The number of ether oxygens (including phenoxy) is 1. The van der Waals surface area contributed by atoms with Gasteiger partial charge >= 0.3 is 5.69 Å². The molecule has 0 aliphatic heterocycles. The molecule has 1 aromatic carbocycles. The van der Waals surface area contributed by atoms with E-state index in [0.29, 0.717) is 5.02 Å². The van der Waals surface area contributed by atoms with Crippen molar-refractivity contribution in [1.82, 2.24) is 0 Å². The first-order chi connectivity index (χ1) is 7.15. The van der Waals surface area contributed by atoms with Gasteiger partial charge in [-0.05, 0) is 12.1 Å². The molecule has 0 aliphatic carbocycles. The summed E-state index contributed by atoms with van der Waals surface area (Å²) in [5, 5.41) is 11.0.